The Labute approximate surface area is 216 Å². The van der Waals surface area contributed by atoms with Crippen molar-refractivity contribution >= 4 is 23.7 Å². The number of hydrogen-bond donors (Lipinski definition) is 1. The number of benzene rings is 2. The van der Waals surface area contributed by atoms with Crippen LogP contribution in [0.5, 0.6) is 0 Å². The third-order valence-electron chi connectivity index (χ3n) is 6.06. The number of carbonyl (C=O) groups is 3. The third kappa shape index (κ3) is 6.14. The first-order valence-electron chi connectivity index (χ1n) is 12.2. The van der Waals surface area contributed by atoms with Gasteiger partial charge in [0.25, 0.3) is 0 Å². The van der Waals surface area contributed by atoms with Crippen LogP contribution in [0.3, 0.4) is 0 Å². The maximum absolute atomic E-state index is 13.9. The van der Waals surface area contributed by atoms with E-state index in [0.717, 1.165) is 22.3 Å². The Kier molecular flexibility index (Phi) is 7.57. The lowest BCUT2D eigenvalue weighted by molar-refractivity contribution is -0.120. The minimum absolute atomic E-state index is 0.281. The number of nitrogens with one attached hydrogen (secondary N) is 1. The maximum Gasteiger partial charge on any atom is 0.408 e. The van der Waals surface area contributed by atoms with E-state index in [0.29, 0.717) is 30.6 Å². The van der Waals surface area contributed by atoms with Gasteiger partial charge in [0.15, 0.2) is 0 Å². The van der Waals surface area contributed by atoms with Gasteiger partial charge in [-0.1, -0.05) is 30.3 Å². The number of esters is 1. The number of hydrogen-bond acceptors (Lipinski definition) is 6. The summed E-state index contributed by atoms with van der Waals surface area (Å²) in [6.07, 6.45) is 3.46. The maximum atomic E-state index is 13.9. The van der Waals surface area contributed by atoms with Gasteiger partial charge >= 0.3 is 12.1 Å². The van der Waals surface area contributed by atoms with E-state index < -0.39 is 23.7 Å². The number of rotatable bonds is 6. The summed E-state index contributed by atoms with van der Waals surface area (Å²) in [4.78, 5) is 45.0. The number of nitrogens with zero attached hydrogens (tertiary/aromatic N) is 2. The molecule has 2 amide bonds. The van der Waals surface area contributed by atoms with Gasteiger partial charge in [-0.05, 0) is 73.7 Å². The van der Waals surface area contributed by atoms with Gasteiger partial charge in [-0.2, -0.15) is 0 Å². The Morgan fingerprint density at radius 3 is 2.38 bits per heavy atom. The molecule has 2 aromatic carbocycles. The minimum atomic E-state index is -0.866. The number of fused-ring (bicyclic) bond motifs is 1. The second-order valence-electron chi connectivity index (χ2n) is 9.88. The van der Waals surface area contributed by atoms with Gasteiger partial charge in [0, 0.05) is 31.0 Å². The second-order valence-corrected chi connectivity index (χ2v) is 9.88. The Balaban J connectivity index is 1.71. The molecule has 2 heterocycles. The molecule has 3 aromatic rings. The van der Waals surface area contributed by atoms with Crippen LogP contribution in [0.1, 0.15) is 42.3 Å². The molecular formula is C29H31N3O5. The van der Waals surface area contributed by atoms with Crippen LogP contribution in [0.4, 0.5) is 10.5 Å². The van der Waals surface area contributed by atoms with Crippen LogP contribution in [0.2, 0.25) is 0 Å². The number of amides is 2. The fraction of sp³-hybridized carbons (Fsp3) is 0.310. The number of alkyl carbamates (subject to hydrolysis) is 1. The molecular weight excluding hydrogens is 470 g/mol. The number of carbonyl (C=O) groups excluding carboxylic acids is 3. The van der Waals surface area contributed by atoms with Gasteiger partial charge in [0.05, 0.1) is 12.7 Å². The third-order valence-corrected chi connectivity index (χ3v) is 6.06. The number of pyridine rings is 1. The molecule has 0 saturated heterocycles. The van der Waals surface area contributed by atoms with E-state index in [9.17, 15) is 14.4 Å². The van der Waals surface area contributed by atoms with E-state index in [-0.39, 0.29) is 5.91 Å². The van der Waals surface area contributed by atoms with Gasteiger partial charge in [0.1, 0.15) is 11.6 Å². The zero-order valence-corrected chi connectivity index (χ0v) is 21.5. The van der Waals surface area contributed by atoms with Crippen molar-refractivity contribution in [2.45, 2.75) is 45.3 Å². The van der Waals surface area contributed by atoms with Gasteiger partial charge < -0.3 is 19.7 Å². The number of anilines is 1. The van der Waals surface area contributed by atoms with Crippen molar-refractivity contribution < 1.29 is 23.9 Å². The van der Waals surface area contributed by atoms with E-state index >= 15 is 0 Å². The largest absolute Gasteiger partial charge is 0.465 e. The lowest BCUT2D eigenvalue weighted by Crippen LogP contribution is -2.50. The number of ether oxygens (including phenoxy) is 2. The molecule has 1 N–H and O–H groups in total. The van der Waals surface area contributed by atoms with Crippen LogP contribution in [-0.4, -0.2) is 48.3 Å². The van der Waals surface area contributed by atoms with Gasteiger partial charge in [-0.15, -0.1) is 0 Å². The molecule has 0 saturated carbocycles. The van der Waals surface area contributed by atoms with Gasteiger partial charge in [0.2, 0.25) is 5.91 Å². The molecule has 0 bridgehead atoms. The second kappa shape index (κ2) is 10.8. The first-order valence-corrected chi connectivity index (χ1v) is 12.2. The first-order chi connectivity index (χ1) is 17.7. The van der Waals surface area contributed by atoms with Crippen LogP contribution < -0.4 is 10.2 Å². The summed E-state index contributed by atoms with van der Waals surface area (Å²) in [5.41, 5.74) is 3.60. The molecule has 1 unspecified atom stereocenters. The normalized spacial score (nSPS) is 13.5. The molecule has 37 heavy (non-hydrogen) atoms. The average molecular weight is 502 g/mol. The molecule has 8 heteroatoms. The molecule has 1 aliphatic rings. The van der Waals surface area contributed by atoms with Crippen molar-refractivity contribution in [1.82, 2.24) is 10.3 Å². The van der Waals surface area contributed by atoms with Crippen molar-refractivity contribution in [3.63, 3.8) is 0 Å². The molecule has 0 radical (unpaired) electrons. The lowest BCUT2D eigenvalue weighted by Gasteiger charge is -2.27. The number of methoxy groups -OCH3 is 1. The Morgan fingerprint density at radius 2 is 1.73 bits per heavy atom. The van der Waals surface area contributed by atoms with Crippen LogP contribution in [-0.2, 0) is 27.1 Å². The van der Waals surface area contributed by atoms with Crippen LogP contribution >= 0.6 is 0 Å². The van der Waals surface area contributed by atoms with Crippen molar-refractivity contribution in [2.75, 3.05) is 18.6 Å². The van der Waals surface area contributed by atoms with Crippen molar-refractivity contribution in [1.29, 1.82) is 0 Å². The standard InChI is InChI=1S/C29H31N3O5/c1-29(2,3)37-28(35)31-24(16-19-8-6-5-7-9-19)26(33)32-15-12-22-23(27(34)36-4)17-21(18-25(22)32)20-10-13-30-14-11-20/h5-11,13-14,17-18,24H,12,15-16H2,1-4H3,(H,31,35). The smallest absolute Gasteiger partial charge is 0.408 e. The van der Waals surface area contributed by atoms with E-state index in [4.69, 9.17) is 9.47 Å². The van der Waals surface area contributed by atoms with E-state index in [1.165, 1.54) is 7.11 Å². The minimum Gasteiger partial charge on any atom is -0.465 e. The monoisotopic (exact) mass is 501 g/mol. The Bertz CT molecular complexity index is 1290. The Hall–Kier alpha value is -4.20. The van der Waals surface area contributed by atoms with Crippen LogP contribution in [0.15, 0.2) is 67.0 Å². The molecule has 1 aliphatic heterocycles. The van der Waals surface area contributed by atoms with Crippen molar-refractivity contribution in [2.24, 2.45) is 0 Å². The molecule has 192 valence electrons. The predicted octanol–water partition coefficient (Wildman–Crippen LogP) is 4.56. The number of aromatic nitrogens is 1. The zero-order chi connectivity index (χ0) is 26.6. The van der Waals surface area contributed by atoms with Crippen molar-refractivity contribution in [3.05, 3.63) is 83.7 Å². The van der Waals surface area contributed by atoms with E-state index in [2.05, 4.69) is 10.3 Å². The molecule has 1 atom stereocenters. The molecule has 0 spiro atoms. The molecule has 4 rings (SSSR count). The fourth-order valence-electron chi connectivity index (χ4n) is 4.42. The van der Waals surface area contributed by atoms with Gasteiger partial charge in [-0.3, -0.25) is 9.78 Å². The lowest BCUT2D eigenvalue weighted by atomic mass is 9.97. The highest BCUT2D eigenvalue weighted by molar-refractivity contribution is 6.04. The predicted molar refractivity (Wildman–Crippen MR) is 140 cm³/mol. The summed E-state index contributed by atoms with van der Waals surface area (Å²) in [6.45, 7) is 5.68. The van der Waals surface area contributed by atoms with E-state index in [1.807, 2.05) is 48.5 Å². The summed E-state index contributed by atoms with van der Waals surface area (Å²) < 4.78 is 10.5. The highest BCUT2D eigenvalue weighted by Crippen LogP contribution is 2.36. The molecule has 8 nitrogen and oxygen atoms in total. The van der Waals surface area contributed by atoms with E-state index in [1.54, 1.807) is 44.1 Å². The topological polar surface area (TPSA) is 97.8 Å². The average Bonchev–Trinajstić information content (AvgIpc) is 3.31. The highest BCUT2D eigenvalue weighted by atomic mass is 16.6. The highest BCUT2D eigenvalue weighted by Gasteiger charge is 2.35. The van der Waals surface area contributed by atoms with Gasteiger partial charge in [-0.25, -0.2) is 9.59 Å². The fourth-order valence-corrected chi connectivity index (χ4v) is 4.42. The van der Waals surface area contributed by atoms with Crippen LogP contribution in [0.25, 0.3) is 11.1 Å². The summed E-state index contributed by atoms with van der Waals surface area (Å²) in [6, 6.07) is 16.0. The molecule has 0 aliphatic carbocycles. The Morgan fingerprint density at radius 1 is 1.03 bits per heavy atom. The SMILES string of the molecule is COC(=O)c1cc(-c2ccncc2)cc2c1CCN2C(=O)C(Cc1ccccc1)NC(=O)OC(C)(C)C. The van der Waals surface area contributed by atoms with Crippen molar-refractivity contribution in [3.8, 4) is 11.1 Å². The summed E-state index contributed by atoms with van der Waals surface area (Å²) >= 11 is 0. The quantitative estimate of drug-likeness (QED) is 0.498. The zero-order valence-electron chi connectivity index (χ0n) is 21.5. The molecule has 1 aromatic heterocycles. The first kappa shape index (κ1) is 25.9. The summed E-state index contributed by atoms with van der Waals surface area (Å²) in [5, 5.41) is 2.77. The van der Waals surface area contributed by atoms with Crippen LogP contribution in [0, 0.1) is 0 Å². The summed E-state index contributed by atoms with van der Waals surface area (Å²) in [5.74, 6) is -0.745. The summed E-state index contributed by atoms with van der Waals surface area (Å²) in [7, 11) is 1.34. The molecule has 0 fully saturated rings.